The van der Waals surface area contributed by atoms with Gasteiger partial charge in [0.2, 0.25) is 5.91 Å². The molecular formula is C23H20ClN5O2. The van der Waals surface area contributed by atoms with Crippen LogP contribution >= 0.6 is 11.6 Å². The molecule has 0 aliphatic carbocycles. The Balaban J connectivity index is 1.53. The number of hydrogen-bond donors (Lipinski definition) is 1. The molecule has 2 aromatic heterocycles. The van der Waals surface area contributed by atoms with E-state index in [1.54, 1.807) is 24.3 Å². The van der Waals surface area contributed by atoms with Crippen LogP contribution in [0, 0.1) is 0 Å². The minimum Gasteiger partial charge on any atom is -0.325 e. The van der Waals surface area contributed by atoms with Crippen LogP contribution in [0.4, 0.5) is 5.69 Å². The highest BCUT2D eigenvalue weighted by Gasteiger charge is 2.12. The first kappa shape index (κ1) is 20.7. The van der Waals surface area contributed by atoms with Gasteiger partial charge in [-0.3, -0.25) is 14.2 Å². The maximum Gasteiger partial charge on any atom is 0.264 e. The average Bonchev–Trinajstić information content (AvgIpc) is 2.76. The van der Waals surface area contributed by atoms with Crippen LogP contribution in [0.2, 0.25) is 5.02 Å². The van der Waals surface area contributed by atoms with E-state index in [4.69, 9.17) is 11.6 Å². The second kappa shape index (κ2) is 8.65. The minimum atomic E-state index is -0.377. The Morgan fingerprint density at radius 1 is 1.06 bits per heavy atom. The zero-order valence-corrected chi connectivity index (χ0v) is 17.8. The highest BCUT2D eigenvalue weighted by Crippen LogP contribution is 2.19. The quantitative estimate of drug-likeness (QED) is 0.507. The summed E-state index contributed by atoms with van der Waals surface area (Å²) in [7, 11) is 0. The number of amides is 1. The molecule has 0 fully saturated rings. The van der Waals surface area contributed by atoms with E-state index in [1.165, 1.54) is 22.7 Å². The van der Waals surface area contributed by atoms with Crippen molar-refractivity contribution < 1.29 is 4.79 Å². The van der Waals surface area contributed by atoms with Gasteiger partial charge in [-0.25, -0.2) is 15.0 Å². The van der Waals surface area contributed by atoms with E-state index in [1.807, 2.05) is 24.3 Å². The first-order valence-electron chi connectivity index (χ1n) is 9.78. The molecule has 0 atom stereocenters. The summed E-state index contributed by atoms with van der Waals surface area (Å²) < 4.78 is 1.24. The van der Waals surface area contributed by atoms with Crippen LogP contribution in [0.25, 0.3) is 22.4 Å². The number of benzene rings is 2. The second-order valence-corrected chi connectivity index (χ2v) is 7.88. The first-order chi connectivity index (χ1) is 14.9. The van der Waals surface area contributed by atoms with Crippen LogP contribution in [0.5, 0.6) is 0 Å². The van der Waals surface area contributed by atoms with Crippen molar-refractivity contribution in [3.63, 3.8) is 0 Å². The third kappa shape index (κ3) is 4.62. The molecule has 4 aromatic rings. The highest BCUT2D eigenvalue weighted by molar-refractivity contribution is 6.30. The van der Waals surface area contributed by atoms with E-state index in [9.17, 15) is 9.59 Å². The average molecular weight is 434 g/mol. The van der Waals surface area contributed by atoms with Crippen molar-refractivity contribution >= 4 is 34.2 Å². The molecule has 0 aliphatic rings. The number of nitrogens with one attached hydrogen (secondary N) is 1. The number of halogens is 1. The molecule has 1 amide bonds. The van der Waals surface area contributed by atoms with Gasteiger partial charge in [0.1, 0.15) is 18.3 Å². The number of anilines is 1. The minimum absolute atomic E-state index is 0.160. The summed E-state index contributed by atoms with van der Waals surface area (Å²) in [6, 6.07) is 14.7. The zero-order chi connectivity index (χ0) is 22.0. The Morgan fingerprint density at radius 3 is 2.45 bits per heavy atom. The number of hydrogen-bond acceptors (Lipinski definition) is 5. The molecule has 0 bridgehead atoms. The van der Waals surface area contributed by atoms with Gasteiger partial charge in [0.25, 0.3) is 5.56 Å². The van der Waals surface area contributed by atoms with Crippen molar-refractivity contribution in [3.8, 4) is 11.4 Å². The lowest BCUT2D eigenvalue weighted by Crippen LogP contribution is -2.28. The largest absolute Gasteiger partial charge is 0.325 e. The van der Waals surface area contributed by atoms with Gasteiger partial charge in [0.15, 0.2) is 11.5 Å². The Morgan fingerprint density at radius 2 is 1.77 bits per heavy atom. The summed E-state index contributed by atoms with van der Waals surface area (Å²) in [6.45, 7) is 4.05. The Hall–Kier alpha value is -3.58. The predicted octanol–water partition coefficient (Wildman–Crippen LogP) is 4.27. The fraction of sp³-hybridized carbons (Fsp3) is 0.174. The van der Waals surface area contributed by atoms with Crippen LogP contribution in [0.15, 0.2) is 65.8 Å². The van der Waals surface area contributed by atoms with Crippen molar-refractivity contribution in [2.75, 3.05) is 5.32 Å². The normalized spacial score (nSPS) is 11.1. The summed E-state index contributed by atoms with van der Waals surface area (Å²) >= 11 is 5.91. The van der Waals surface area contributed by atoms with Crippen molar-refractivity contribution in [1.82, 2.24) is 19.5 Å². The third-order valence-electron chi connectivity index (χ3n) is 4.86. The van der Waals surface area contributed by atoms with E-state index in [0.717, 1.165) is 5.56 Å². The summed E-state index contributed by atoms with van der Waals surface area (Å²) in [6.07, 6.45) is 2.76. The monoisotopic (exact) mass is 433 g/mol. The Bertz CT molecular complexity index is 1300. The molecule has 0 spiro atoms. The van der Waals surface area contributed by atoms with Crippen molar-refractivity contribution in [2.45, 2.75) is 26.3 Å². The lowest BCUT2D eigenvalue weighted by molar-refractivity contribution is -0.116. The summed E-state index contributed by atoms with van der Waals surface area (Å²) in [4.78, 5) is 38.1. The third-order valence-corrected chi connectivity index (χ3v) is 5.11. The lowest BCUT2D eigenvalue weighted by atomic mass is 10.0. The van der Waals surface area contributed by atoms with Gasteiger partial charge in [-0.1, -0.05) is 37.6 Å². The molecule has 31 heavy (non-hydrogen) atoms. The molecule has 156 valence electrons. The van der Waals surface area contributed by atoms with Crippen molar-refractivity contribution in [2.24, 2.45) is 0 Å². The van der Waals surface area contributed by atoms with Crippen LogP contribution in [-0.2, 0) is 11.3 Å². The molecule has 0 aliphatic heterocycles. The topological polar surface area (TPSA) is 89.8 Å². The number of carbonyl (C=O) groups is 1. The fourth-order valence-corrected chi connectivity index (χ4v) is 3.24. The molecule has 7 nitrogen and oxygen atoms in total. The van der Waals surface area contributed by atoms with Crippen LogP contribution in [0.3, 0.4) is 0 Å². The molecule has 2 heterocycles. The van der Waals surface area contributed by atoms with Crippen molar-refractivity contribution in [1.29, 1.82) is 0 Å². The molecule has 0 unspecified atom stereocenters. The smallest absolute Gasteiger partial charge is 0.264 e. The number of rotatable bonds is 5. The van der Waals surface area contributed by atoms with Gasteiger partial charge in [-0.15, -0.1) is 0 Å². The van der Waals surface area contributed by atoms with Crippen LogP contribution < -0.4 is 10.9 Å². The van der Waals surface area contributed by atoms with E-state index in [-0.39, 0.29) is 29.0 Å². The van der Waals surface area contributed by atoms with Gasteiger partial charge in [0.05, 0.1) is 0 Å². The number of carbonyl (C=O) groups excluding carboxylic acids is 1. The maximum absolute atomic E-state index is 12.8. The molecule has 0 radical (unpaired) electrons. The number of fused-ring (bicyclic) bond motifs is 1. The molecule has 8 heteroatoms. The van der Waals surface area contributed by atoms with E-state index < -0.39 is 0 Å². The van der Waals surface area contributed by atoms with E-state index in [2.05, 4.69) is 34.1 Å². The SMILES string of the molecule is CC(C)c1ccc(NC(=O)Cn2cnc3nc(-c4ccc(Cl)cc4)ncc3c2=O)cc1. The summed E-state index contributed by atoms with van der Waals surface area (Å²) in [5.74, 6) is 0.532. The predicted molar refractivity (Wildman–Crippen MR) is 121 cm³/mol. The van der Waals surface area contributed by atoms with Gasteiger partial charge < -0.3 is 5.32 Å². The Kier molecular flexibility index (Phi) is 5.77. The van der Waals surface area contributed by atoms with Gasteiger partial charge in [-0.2, -0.15) is 0 Å². The molecule has 4 rings (SSSR count). The molecule has 0 saturated carbocycles. The van der Waals surface area contributed by atoms with E-state index in [0.29, 0.717) is 22.5 Å². The van der Waals surface area contributed by atoms with Gasteiger partial charge >= 0.3 is 0 Å². The summed E-state index contributed by atoms with van der Waals surface area (Å²) in [5.41, 5.74) is 2.52. The number of aromatic nitrogens is 4. The van der Waals surface area contributed by atoms with Crippen molar-refractivity contribution in [3.05, 3.63) is 82.0 Å². The number of nitrogens with zero attached hydrogens (tertiary/aromatic N) is 4. The van der Waals surface area contributed by atoms with Crippen LogP contribution in [-0.4, -0.2) is 25.4 Å². The molecule has 1 N–H and O–H groups in total. The summed E-state index contributed by atoms with van der Waals surface area (Å²) in [5, 5.41) is 3.65. The van der Waals surface area contributed by atoms with Gasteiger partial charge in [-0.05, 0) is 47.9 Å². The zero-order valence-electron chi connectivity index (χ0n) is 17.0. The lowest BCUT2D eigenvalue weighted by Gasteiger charge is -2.10. The van der Waals surface area contributed by atoms with Crippen LogP contribution in [0.1, 0.15) is 25.3 Å². The molecule has 0 saturated heterocycles. The second-order valence-electron chi connectivity index (χ2n) is 7.44. The fourth-order valence-electron chi connectivity index (χ4n) is 3.11. The van der Waals surface area contributed by atoms with Gasteiger partial charge in [0, 0.05) is 22.5 Å². The first-order valence-corrected chi connectivity index (χ1v) is 10.2. The molecular weight excluding hydrogens is 414 g/mol. The maximum atomic E-state index is 12.8. The Labute approximate surface area is 183 Å². The molecule has 2 aromatic carbocycles. The standard InChI is InChI=1S/C23H20ClN5O2/c1-14(2)15-5-9-18(10-6-15)27-20(30)12-29-13-26-22-19(23(29)31)11-25-21(28-22)16-3-7-17(24)8-4-16/h3-11,13-14H,12H2,1-2H3,(H,27,30). The van der Waals surface area contributed by atoms with E-state index >= 15 is 0 Å². The highest BCUT2D eigenvalue weighted by atomic mass is 35.5.